The van der Waals surface area contributed by atoms with Crippen LogP contribution in [0.5, 0.6) is 5.75 Å². The van der Waals surface area contributed by atoms with E-state index >= 15 is 0 Å². The number of para-hydroxylation sites is 1. The van der Waals surface area contributed by atoms with Crippen molar-refractivity contribution in [3.8, 4) is 5.75 Å². The first-order valence-electron chi connectivity index (χ1n) is 7.40. The van der Waals surface area contributed by atoms with Crippen LogP contribution < -0.4 is 4.74 Å². The highest BCUT2D eigenvalue weighted by Crippen LogP contribution is 2.30. The number of furan rings is 1. The fourth-order valence-corrected chi connectivity index (χ4v) is 2.71. The van der Waals surface area contributed by atoms with Crippen molar-refractivity contribution in [3.05, 3.63) is 54.5 Å². The lowest BCUT2D eigenvalue weighted by Crippen LogP contribution is -2.54. The molecule has 1 aliphatic rings. The van der Waals surface area contributed by atoms with Crippen molar-refractivity contribution >= 4 is 11.9 Å². The Labute approximate surface area is 133 Å². The Morgan fingerprint density at radius 2 is 1.83 bits per heavy atom. The SMILES string of the molecule is O=C(c1ccoc1)N1CCC(Oc2ccccc2)(C(=O)O)CC1. The molecule has 1 N–H and O–H groups in total. The summed E-state index contributed by atoms with van der Waals surface area (Å²) in [4.78, 5) is 25.6. The molecule has 1 amide bonds. The summed E-state index contributed by atoms with van der Waals surface area (Å²) in [6.07, 6.45) is 3.31. The summed E-state index contributed by atoms with van der Waals surface area (Å²) in [5.41, 5.74) is -0.828. The van der Waals surface area contributed by atoms with Crippen molar-refractivity contribution in [1.29, 1.82) is 0 Å². The molecule has 0 unspecified atom stereocenters. The standard InChI is InChI=1S/C17H17NO5/c19-15(13-6-11-22-12-13)18-9-7-17(8-10-18,16(20)21)23-14-4-2-1-3-5-14/h1-6,11-12H,7-10H2,(H,20,21). The molecule has 0 radical (unpaired) electrons. The second-order valence-corrected chi connectivity index (χ2v) is 5.52. The third-order valence-corrected chi connectivity index (χ3v) is 4.07. The smallest absolute Gasteiger partial charge is 0.348 e. The molecular weight excluding hydrogens is 298 g/mol. The molecule has 0 spiro atoms. The normalized spacial score (nSPS) is 16.8. The van der Waals surface area contributed by atoms with Gasteiger partial charge in [0.25, 0.3) is 5.91 Å². The number of carboxylic acids is 1. The van der Waals surface area contributed by atoms with Crippen LogP contribution in [0.25, 0.3) is 0 Å². The molecular formula is C17H17NO5. The number of carboxylic acid groups (broad SMARTS) is 1. The Hall–Kier alpha value is -2.76. The molecule has 0 atom stereocenters. The first kappa shape index (κ1) is 15.1. The number of carbonyl (C=O) groups excluding carboxylic acids is 1. The highest BCUT2D eigenvalue weighted by molar-refractivity contribution is 5.94. The lowest BCUT2D eigenvalue weighted by atomic mass is 9.90. The predicted molar refractivity (Wildman–Crippen MR) is 81.3 cm³/mol. The second-order valence-electron chi connectivity index (χ2n) is 5.52. The van der Waals surface area contributed by atoms with Crippen LogP contribution >= 0.6 is 0 Å². The van der Waals surface area contributed by atoms with Gasteiger partial charge in [-0.05, 0) is 18.2 Å². The predicted octanol–water partition coefficient (Wildman–Crippen LogP) is 2.42. The van der Waals surface area contributed by atoms with Crippen LogP contribution in [0.3, 0.4) is 0 Å². The van der Waals surface area contributed by atoms with E-state index in [0.717, 1.165) is 0 Å². The number of ether oxygens (including phenoxy) is 1. The molecule has 1 aromatic carbocycles. The molecule has 1 saturated heterocycles. The van der Waals surface area contributed by atoms with Crippen LogP contribution in [0.2, 0.25) is 0 Å². The van der Waals surface area contributed by atoms with Gasteiger partial charge >= 0.3 is 5.97 Å². The average Bonchev–Trinajstić information content (AvgIpc) is 3.10. The molecule has 2 aromatic rings. The lowest BCUT2D eigenvalue weighted by molar-refractivity contribution is -0.159. The van der Waals surface area contributed by atoms with Gasteiger partial charge in [-0.25, -0.2) is 4.79 Å². The summed E-state index contributed by atoms with van der Waals surface area (Å²) in [6, 6.07) is 10.5. The Morgan fingerprint density at radius 1 is 1.13 bits per heavy atom. The van der Waals surface area contributed by atoms with E-state index in [-0.39, 0.29) is 18.7 Å². The van der Waals surface area contributed by atoms with Crippen LogP contribution in [0.4, 0.5) is 0 Å². The van der Waals surface area contributed by atoms with Gasteiger partial charge in [0.1, 0.15) is 12.0 Å². The third kappa shape index (κ3) is 3.06. The van der Waals surface area contributed by atoms with Gasteiger partial charge in [-0.1, -0.05) is 18.2 Å². The Balaban J connectivity index is 1.71. The number of aliphatic carboxylic acids is 1. The number of piperidine rings is 1. The van der Waals surface area contributed by atoms with Gasteiger partial charge in [-0.3, -0.25) is 4.79 Å². The first-order chi connectivity index (χ1) is 11.1. The van der Waals surface area contributed by atoms with Gasteiger partial charge in [-0.2, -0.15) is 0 Å². The molecule has 6 nitrogen and oxygen atoms in total. The molecule has 3 rings (SSSR count). The summed E-state index contributed by atoms with van der Waals surface area (Å²) < 4.78 is 10.7. The van der Waals surface area contributed by atoms with E-state index in [1.165, 1.54) is 12.5 Å². The fourth-order valence-electron chi connectivity index (χ4n) is 2.71. The van der Waals surface area contributed by atoms with Crippen LogP contribution in [-0.4, -0.2) is 40.6 Å². The van der Waals surface area contributed by atoms with Crippen LogP contribution in [0.15, 0.2) is 53.3 Å². The van der Waals surface area contributed by atoms with E-state index in [9.17, 15) is 14.7 Å². The number of carbonyl (C=O) groups is 2. The van der Waals surface area contributed by atoms with E-state index in [1.54, 1.807) is 35.2 Å². The highest BCUT2D eigenvalue weighted by atomic mass is 16.5. The maximum atomic E-state index is 12.3. The van der Waals surface area contributed by atoms with Crippen molar-refractivity contribution in [1.82, 2.24) is 4.90 Å². The summed E-state index contributed by atoms with van der Waals surface area (Å²) in [5.74, 6) is -0.640. The summed E-state index contributed by atoms with van der Waals surface area (Å²) in [6.45, 7) is 0.645. The van der Waals surface area contributed by atoms with E-state index in [1.807, 2.05) is 6.07 Å². The summed E-state index contributed by atoms with van der Waals surface area (Å²) in [7, 11) is 0. The molecule has 120 valence electrons. The van der Waals surface area contributed by atoms with Gasteiger partial charge in [0.15, 0.2) is 0 Å². The summed E-state index contributed by atoms with van der Waals surface area (Å²) in [5, 5.41) is 9.62. The second kappa shape index (κ2) is 6.16. The van der Waals surface area contributed by atoms with E-state index in [2.05, 4.69) is 0 Å². The zero-order valence-electron chi connectivity index (χ0n) is 12.5. The number of nitrogens with zero attached hydrogens (tertiary/aromatic N) is 1. The molecule has 1 fully saturated rings. The van der Waals surface area contributed by atoms with Crippen molar-refractivity contribution in [3.63, 3.8) is 0 Å². The van der Waals surface area contributed by atoms with Gasteiger partial charge in [0.05, 0.1) is 11.8 Å². The van der Waals surface area contributed by atoms with E-state index in [0.29, 0.717) is 24.4 Å². The molecule has 1 aromatic heterocycles. The van der Waals surface area contributed by atoms with Gasteiger partial charge in [-0.15, -0.1) is 0 Å². The fraction of sp³-hybridized carbons (Fsp3) is 0.294. The lowest BCUT2D eigenvalue weighted by Gasteiger charge is -2.38. The van der Waals surface area contributed by atoms with Crippen molar-refractivity contribution in [2.75, 3.05) is 13.1 Å². The minimum atomic E-state index is -1.30. The van der Waals surface area contributed by atoms with Crippen LogP contribution in [0.1, 0.15) is 23.2 Å². The Bertz CT molecular complexity index is 672. The van der Waals surface area contributed by atoms with Crippen LogP contribution in [0, 0.1) is 0 Å². The van der Waals surface area contributed by atoms with Crippen molar-refractivity contribution in [2.24, 2.45) is 0 Å². The summed E-state index contributed by atoms with van der Waals surface area (Å²) >= 11 is 0. The molecule has 0 saturated carbocycles. The molecule has 0 aliphatic carbocycles. The monoisotopic (exact) mass is 315 g/mol. The van der Waals surface area contributed by atoms with Crippen LogP contribution in [-0.2, 0) is 4.79 Å². The first-order valence-corrected chi connectivity index (χ1v) is 7.40. The Kier molecular flexibility index (Phi) is 4.06. The molecule has 1 aliphatic heterocycles. The zero-order chi connectivity index (χ0) is 16.3. The minimum Gasteiger partial charge on any atom is -0.478 e. The van der Waals surface area contributed by atoms with Crippen molar-refractivity contribution < 1.29 is 23.8 Å². The third-order valence-electron chi connectivity index (χ3n) is 4.07. The average molecular weight is 315 g/mol. The van der Waals surface area contributed by atoms with Crippen molar-refractivity contribution in [2.45, 2.75) is 18.4 Å². The zero-order valence-corrected chi connectivity index (χ0v) is 12.5. The van der Waals surface area contributed by atoms with Gasteiger partial charge < -0.3 is 19.2 Å². The van der Waals surface area contributed by atoms with Gasteiger partial charge in [0, 0.05) is 25.9 Å². The largest absolute Gasteiger partial charge is 0.478 e. The van der Waals surface area contributed by atoms with E-state index < -0.39 is 11.6 Å². The topological polar surface area (TPSA) is 80.0 Å². The minimum absolute atomic E-state index is 0.155. The number of amides is 1. The maximum absolute atomic E-state index is 12.3. The quantitative estimate of drug-likeness (QED) is 0.937. The highest BCUT2D eigenvalue weighted by Gasteiger charge is 2.45. The molecule has 2 heterocycles. The number of hydrogen-bond acceptors (Lipinski definition) is 4. The Morgan fingerprint density at radius 3 is 2.39 bits per heavy atom. The number of likely N-dealkylation sites (tertiary alicyclic amines) is 1. The van der Waals surface area contributed by atoms with Gasteiger partial charge in [0.2, 0.25) is 5.60 Å². The molecule has 0 bridgehead atoms. The molecule has 6 heteroatoms. The molecule has 23 heavy (non-hydrogen) atoms. The number of hydrogen-bond donors (Lipinski definition) is 1. The van der Waals surface area contributed by atoms with E-state index in [4.69, 9.17) is 9.15 Å². The number of benzene rings is 1. The maximum Gasteiger partial charge on any atom is 0.348 e. The number of rotatable bonds is 4.